The highest BCUT2D eigenvalue weighted by atomic mass is 16.1. The summed E-state index contributed by atoms with van der Waals surface area (Å²) in [4.78, 5) is 27.9. The monoisotopic (exact) mass is 303 g/mol. The van der Waals surface area contributed by atoms with Gasteiger partial charge in [0.25, 0.3) is 0 Å². The molecule has 0 radical (unpaired) electrons. The quantitative estimate of drug-likeness (QED) is 0.629. The minimum absolute atomic E-state index is 0.220. The fourth-order valence-corrected chi connectivity index (χ4v) is 2.49. The molecular formula is C17H13N5O. The third-order valence-electron chi connectivity index (χ3n) is 3.64. The Morgan fingerprint density at radius 1 is 1.04 bits per heavy atom. The van der Waals surface area contributed by atoms with Crippen LogP contribution < -0.4 is 5.69 Å². The number of H-pyrrole nitrogens is 1. The topological polar surface area (TPSA) is 76.5 Å². The summed E-state index contributed by atoms with van der Waals surface area (Å²) in [5.74, 6) is 0. The van der Waals surface area contributed by atoms with E-state index in [4.69, 9.17) is 0 Å². The minimum Gasteiger partial charge on any atom is -0.289 e. The van der Waals surface area contributed by atoms with Gasteiger partial charge in [0, 0.05) is 18.0 Å². The van der Waals surface area contributed by atoms with E-state index in [-0.39, 0.29) is 5.69 Å². The highest BCUT2D eigenvalue weighted by molar-refractivity contribution is 5.70. The van der Waals surface area contributed by atoms with E-state index in [9.17, 15) is 4.79 Å². The van der Waals surface area contributed by atoms with E-state index in [1.165, 1.54) is 0 Å². The van der Waals surface area contributed by atoms with E-state index < -0.39 is 0 Å². The van der Waals surface area contributed by atoms with E-state index in [0.717, 1.165) is 16.8 Å². The van der Waals surface area contributed by atoms with Gasteiger partial charge in [-0.3, -0.25) is 14.5 Å². The van der Waals surface area contributed by atoms with Gasteiger partial charge in [-0.2, -0.15) is 0 Å². The smallest absolute Gasteiger partial charge is 0.289 e. The summed E-state index contributed by atoms with van der Waals surface area (Å²) in [5.41, 5.74) is 3.50. The number of imidazole rings is 1. The highest BCUT2D eigenvalue weighted by Crippen LogP contribution is 2.17. The van der Waals surface area contributed by atoms with Gasteiger partial charge in [-0.1, -0.05) is 30.3 Å². The number of aromatic amines is 1. The van der Waals surface area contributed by atoms with Gasteiger partial charge in [0.15, 0.2) is 11.3 Å². The van der Waals surface area contributed by atoms with Gasteiger partial charge in [-0.25, -0.2) is 14.8 Å². The van der Waals surface area contributed by atoms with Gasteiger partial charge >= 0.3 is 5.69 Å². The Kier molecular flexibility index (Phi) is 3.20. The highest BCUT2D eigenvalue weighted by Gasteiger charge is 2.11. The Bertz CT molecular complexity index is 1010. The number of hydrogen-bond donors (Lipinski definition) is 1. The molecule has 6 nitrogen and oxygen atoms in total. The molecule has 0 saturated heterocycles. The van der Waals surface area contributed by atoms with Crippen LogP contribution in [0.25, 0.3) is 22.6 Å². The van der Waals surface area contributed by atoms with E-state index in [2.05, 4.69) is 19.9 Å². The number of fused-ring (bicyclic) bond motifs is 1. The third-order valence-corrected chi connectivity index (χ3v) is 3.64. The van der Waals surface area contributed by atoms with Gasteiger partial charge < -0.3 is 0 Å². The first kappa shape index (κ1) is 13.4. The summed E-state index contributed by atoms with van der Waals surface area (Å²) in [6.45, 7) is 0.425. The minimum atomic E-state index is -0.220. The number of nitrogens with one attached hydrogen (secondary N) is 1. The van der Waals surface area contributed by atoms with Crippen molar-refractivity contribution in [3.05, 3.63) is 77.1 Å². The predicted molar refractivity (Wildman–Crippen MR) is 86.9 cm³/mol. The van der Waals surface area contributed by atoms with Crippen molar-refractivity contribution in [3.8, 4) is 11.3 Å². The maximum absolute atomic E-state index is 12.2. The van der Waals surface area contributed by atoms with E-state index in [1.807, 2.05) is 42.5 Å². The largest absolute Gasteiger partial charge is 0.329 e. The molecule has 0 saturated carbocycles. The number of rotatable bonds is 3. The Morgan fingerprint density at radius 2 is 1.83 bits per heavy atom. The van der Waals surface area contributed by atoms with Crippen molar-refractivity contribution in [2.24, 2.45) is 0 Å². The van der Waals surface area contributed by atoms with Crippen molar-refractivity contribution in [2.75, 3.05) is 0 Å². The van der Waals surface area contributed by atoms with E-state index >= 15 is 0 Å². The van der Waals surface area contributed by atoms with E-state index in [1.54, 1.807) is 23.2 Å². The molecule has 23 heavy (non-hydrogen) atoms. The van der Waals surface area contributed by atoms with Crippen molar-refractivity contribution in [1.82, 2.24) is 24.5 Å². The number of aromatic nitrogens is 5. The number of pyridine rings is 1. The average molecular weight is 303 g/mol. The Labute approximate surface area is 131 Å². The summed E-state index contributed by atoms with van der Waals surface area (Å²) in [6.07, 6.45) is 5.08. The SMILES string of the molecule is O=c1[nH]c2ncc(-c3ccccc3)nc2n1Cc1ccncc1. The zero-order valence-corrected chi connectivity index (χ0v) is 12.2. The van der Waals surface area contributed by atoms with Crippen LogP contribution in [0.1, 0.15) is 5.56 Å². The number of nitrogens with zero attached hydrogens (tertiary/aromatic N) is 4. The lowest BCUT2D eigenvalue weighted by Crippen LogP contribution is -2.17. The molecule has 0 aliphatic heterocycles. The molecule has 0 atom stereocenters. The fraction of sp³-hybridized carbons (Fsp3) is 0.0588. The van der Waals surface area contributed by atoms with E-state index in [0.29, 0.717) is 17.8 Å². The van der Waals surface area contributed by atoms with Crippen LogP contribution >= 0.6 is 0 Å². The third kappa shape index (κ3) is 2.50. The second-order valence-electron chi connectivity index (χ2n) is 5.17. The van der Waals surface area contributed by atoms with Crippen LogP contribution in [0.15, 0.2) is 65.8 Å². The lowest BCUT2D eigenvalue weighted by molar-refractivity contribution is 0.777. The molecule has 4 rings (SSSR count). The first-order valence-electron chi connectivity index (χ1n) is 7.21. The predicted octanol–water partition coefficient (Wildman–Crippen LogP) is 2.23. The second-order valence-corrected chi connectivity index (χ2v) is 5.17. The second kappa shape index (κ2) is 5.49. The van der Waals surface area contributed by atoms with Crippen LogP contribution in [0.4, 0.5) is 0 Å². The van der Waals surface area contributed by atoms with Crippen molar-refractivity contribution in [1.29, 1.82) is 0 Å². The van der Waals surface area contributed by atoms with Crippen molar-refractivity contribution in [3.63, 3.8) is 0 Å². The fourth-order valence-electron chi connectivity index (χ4n) is 2.49. The molecule has 0 amide bonds. The maximum Gasteiger partial charge on any atom is 0.329 e. The summed E-state index contributed by atoms with van der Waals surface area (Å²) in [7, 11) is 0. The zero-order chi connectivity index (χ0) is 15.6. The number of benzene rings is 1. The van der Waals surface area contributed by atoms with Crippen LogP contribution in [0.3, 0.4) is 0 Å². The molecule has 1 aromatic carbocycles. The lowest BCUT2D eigenvalue weighted by atomic mass is 10.2. The van der Waals surface area contributed by atoms with Crippen LogP contribution in [-0.2, 0) is 6.54 Å². The summed E-state index contributed by atoms with van der Waals surface area (Å²) in [6, 6.07) is 13.5. The zero-order valence-electron chi connectivity index (χ0n) is 12.2. The molecule has 112 valence electrons. The van der Waals surface area contributed by atoms with Gasteiger partial charge in [-0.05, 0) is 17.7 Å². The molecule has 0 unspecified atom stereocenters. The summed E-state index contributed by atoms with van der Waals surface area (Å²) >= 11 is 0. The van der Waals surface area contributed by atoms with Gasteiger partial charge in [-0.15, -0.1) is 0 Å². The molecule has 4 aromatic rings. The first-order chi connectivity index (χ1) is 11.3. The first-order valence-corrected chi connectivity index (χ1v) is 7.21. The molecular weight excluding hydrogens is 290 g/mol. The summed E-state index contributed by atoms with van der Waals surface area (Å²) < 4.78 is 1.59. The Morgan fingerprint density at radius 3 is 2.61 bits per heavy atom. The molecule has 0 aliphatic carbocycles. The molecule has 1 N–H and O–H groups in total. The van der Waals surface area contributed by atoms with Crippen molar-refractivity contribution < 1.29 is 0 Å². The molecule has 3 aromatic heterocycles. The molecule has 6 heteroatoms. The average Bonchev–Trinajstić information content (AvgIpc) is 2.92. The lowest BCUT2D eigenvalue weighted by Gasteiger charge is -2.04. The van der Waals surface area contributed by atoms with Gasteiger partial charge in [0.1, 0.15) is 0 Å². The van der Waals surface area contributed by atoms with Gasteiger partial charge in [0.2, 0.25) is 0 Å². The van der Waals surface area contributed by atoms with Crippen LogP contribution in [0.2, 0.25) is 0 Å². The van der Waals surface area contributed by atoms with Crippen LogP contribution in [0, 0.1) is 0 Å². The molecule has 3 heterocycles. The maximum atomic E-state index is 12.2. The summed E-state index contributed by atoms with van der Waals surface area (Å²) in [5, 5.41) is 0. The Balaban J connectivity index is 1.84. The molecule has 0 bridgehead atoms. The number of hydrogen-bond acceptors (Lipinski definition) is 4. The van der Waals surface area contributed by atoms with Crippen LogP contribution in [-0.4, -0.2) is 24.5 Å². The van der Waals surface area contributed by atoms with Crippen molar-refractivity contribution >= 4 is 11.3 Å². The molecule has 0 aliphatic rings. The standard InChI is InChI=1S/C17H13N5O/c23-17-21-15-16(22(17)11-12-6-8-18-9-7-12)20-14(10-19-15)13-4-2-1-3-5-13/h1-10H,11H2,(H,19,21,23). The molecule has 0 spiro atoms. The molecule has 0 fully saturated rings. The van der Waals surface area contributed by atoms with Crippen molar-refractivity contribution in [2.45, 2.75) is 6.54 Å². The Hall–Kier alpha value is -3.28. The normalized spacial score (nSPS) is 11.0. The van der Waals surface area contributed by atoms with Gasteiger partial charge in [0.05, 0.1) is 18.4 Å². The van der Waals surface area contributed by atoms with Crippen LogP contribution in [0.5, 0.6) is 0 Å².